The Morgan fingerprint density at radius 3 is 1.91 bits per heavy atom. The van der Waals surface area contributed by atoms with E-state index in [0.717, 1.165) is 9.79 Å². The number of nitrogens with zero attached hydrogens (tertiary/aromatic N) is 1. The summed E-state index contributed by atoms with van der Waals surface area (Å²) in [4.78, 5) is 42.2. The summed E-state index contributed by atoms with van der Waals surface area (Å²) in [5.74, 6) is -1.59. The van der Waals surface area contributed by atoms with Crippen LogP contribution >= 0.6 is 31.1 Å². The van der Waals surface area contributed by atoms with E-state index >= 15 is 0 Å². The van der Waals surface area contributed by atoms with Crippen molar-refractivity contribution in [1.82, 2.24) is 15.5 Å². The average Bonchev–Trinajstić information content (AvgIpc) is 3.44. The largest absolute Gasteiger partial charge is 0.453 e. The highest BCUT2D eigenvalue weighted by molar-refractivity contribution is 7.98. The number of thioether (sulfide) groups is 2. The Kier molecular flexibility index (Phi) is 12.3. The van der Waals surface area contributed by atoms with Gasteiger partial charge in [-0.1, -0.05) is 13.8 Å². The zero-order valence-electron chi connectivity index (χ0n) is 25.7. The van der Waals surface area contributed by atoms with Crippen molar-refractivity contribution < 1.29 is 32.7 Å². The van der Waals surface area contributed by atoms with Crippen LogP contribution in [0.25, 0.3) is 0 Å². The molecule has 236 valence electrons. The summed E-state index contributed by atoms with van der Waals surface area (Å²) >= 11 is 3.14. The molecule has 1 fully saturated rings. The quantitative estimate of drug-likeness (QED) is 0.198. The topological polar surface area (TPSA) is 123 Å². The Bertz CT molecular complexity index is 1250. The van der Waals surface area contributed by atoms with Crippen LogP contribution in [0.4, 0.5) is 4.79 Å². The van der Waals surface area contributed by atoms with E-state index in [4.69, 9.17) is 13.8 Å². The molecule has 0 spiro atoms. The SMILES string of the molecule is CSc1ccc(OP(=O)(Oc2ccc(SC)cc2)C(NC(=O)C2CCCN2C(=O)CNC(=O)OC(C)(C)C)C(C)C)cc1. The average molecular weight is 652 g/mol. The van der Waals surface area contributed by atoms with Crippen LogP contribution in [0.15, 0.2) is 58.3 Å². The van der Waals surface area contributed by atoms with Crippen molar-refractivity contribution in [2.24, 2.45) is 5.92 Å². The van der Waals surface area contributed by atoms with Gasteiger partial charge in [-0.05, 0) is 101 Å². The highest BCUT2D eigenvalue weighted by Gasteiger charge is 2.45. The summed E-state index contributed by atoms with van der Waals surface area (Å²) in [6.45, 7) is 8.87. The third-order valence-corrected chi connectivity index (χ3v) is 10.3. The Morgan fingerprint density at radius 1 is 0.953 bits per heavy atom. The molecule has 0 aromatic heterocycles. The molecule has 13 heteroatoms. The fourth-order valence-electron chi connectivity index (χ4n) is 4.45. The predicted octanol–water partition coefficient (Wildman–Crippen LogP) is 6.40. The summed E-state index contributed by atoms with van der Waals surface area (Å²) < 4.78 is 32.0. The molecule has 0 aliphatic carbocycles. The Morgan fingerprint density at radius 2 is 1.47 bits per heavy atom. The highest BCUT2D eigenvalue weighted by Crippen LogP contribution is 2.54. The number of rotatable bonds is 12. The number of ether oxygens (including phenoxy) is 1. The highest BCUT2D eigenvalue weighted by atomic mass is 32.2. The number of likely N-dealkylation sites (tertiary alicyclic amines) is 1. The smallest absolute Gasteiger partial charge is 0.444 e. The Hall–Kier alpha value is -2.82. The molecule has 1 saturated heterocycles. The van der Waals surface area contributed by atoms with Gasteiger partial charge in [0.05, 0.1) is 0 Å². The molecule has 0 bridgehead atoms. The zero-order valence-corrected chi connectivity index (χ0v) is 28.3. The van der Waals surface area contributed by atoms with Crippen LogP contribution in [0.1, 0.15) is 47.5 Å². The molecule has 2 aromatic carbocycles. The second kappa shape index (κ2) is 15.3. The summed E-state index contributed by atoms with van der Waals surface area (Å²) in [6.07, 6.45) is 4.23. The van der Waals surface area contributed by atoms with Gasteiger partial charge in [0.2, 0.25) is 11.8 Å². The second-order valence-corrected chi connectivity index (χ2v) is 15.1. The van der Waals surface area contributed by atoms with E-state index in [0.29, 0.717) is 30.9 Å². The lowest BCUT2D eigenvalue weighted by Crippen LogP contribution is -2.52. The van der Waals surface area contributed by atoms with E-state index in [1.165, 1.54) is 4.90 Å². The number of hydrogen-bond acceptors (Lipinski definition) is 9. The first kappa shape index (κ1) is 34.7. The van der Waals surface area contributed by atoms with Crippen molar-refractivity contribution in [2.45, 2.75) is 74.7 Å². The molecule has 0 radical (unpaired) electrons. The molecule has 2 aromatic rings. The Labute approximate surface area is 262 Å². The van der Waals surface area contributed by atoms with Gasteiger partial charge in [0.15, 0.2) is 5.78 Å². The summed E-state index contributed by atoms with van der Waals surface area (Å²) in [5.41, 5.74) is -0.707. The van der Waals surface area contributed by atoms with Crippen LogP contribution in [0, 0.1) is 5.92 Å². The molecule has 2 N–H and O–H groups in total. The van der Waals surface area contributed by atoms with Gasteiger partial charge < -0.3 is 29.3 Å². The molecule has 2 atom stereocenters. The third kappa shape index (κ3) is 10.1. The molecular weight excluding hydrogens is 609 g/mol. The fraction of sp³-hybridized carbons (Fsp3) is 0.500. The summed E-state index contributed by atoms with van der Waals surface area (Å²) in [7, 11) is -4.08. The molecule has 0 saturated carbocycles. The molecule has 2 unspecified atom stereocenters. The lowest BCUT2D eigenvalue weighted by atomic mass is 10.1. The van der Waals surface area contributed by atoms with Gasteiger partial charge in [-0.3, -0.25) is 9.59 Å². The minimum Gasteiger partial charge on any atom is -0.444 e. The molecular formula is C30H42N3O7PS2. The number of amides is 3. The van der Waals surface area contributed by atoms with Crippen molar-refractivity contribution in [1.29, 1.82) is 0 Å². The first-order valence-electron chi connectivity index (χ1n) is 14.1. The van der Waals surface area contributed by atoms with Crippen LogP contribution in [0.3, 0.4) is 0 Å². The minimum atomic E-state index is -4.08. The molecule has 1 heterocycles. The first-order chi connectivity index (χ1) is 20.2. The van der Waals surface area contributed by atoms with Gasteiger partial charge in [0.1, 0.15) is 29.7 Å². The Balaban J connectivity index is 1.82. The number of nitrogens with one attached hydrogen (secondary N) is 2. The van der Waals surface area contributed by atoms with Crippen LogP contribution < -0.4 is 19.7 Å². The van der Waals surface area contributed by atoms with Crippen LogP contribution in [0.2, 0.25) is 0 Å². The van der Waals surface area contributed by atoms with Crippen molar-refractivity contribution in [2.75, 3.05) is 25.6 Å². The predicted molar refractivity (Wildman–Crippen MR) is 171 cm³/mol. The number of carbonyl (C=O) groups excluding carboxylic acids is 3. The standard InChI is InChI=1S/C30H42N3O7PS2/c1-20(2)28(32-27(35)25-9-8-18-33(25)26(34)19-31-29(36)38-30(3,4)5)41(37,39-21-10-14-23(42-6)15-11-21)40-22-12-16-24(43-7)17-13-22/h10-17,20,25,28H,8-9,18-19H2,1-7H3,(H,31,36)(H,32,35). The van der Waals surface area contributed by atoms with E-state index in [1.54, 1.807) is 68.6 Å². The van der Waals surface area contributed by atoms with Gasteiger partial charge in [0.25, 0.3) is 0 Å². The van der Waals surface area contributed by atoms with Crippen molar-refractivity contribution >= 4 is 49.0 Å². The number of hydrogen-bond donors (Lipinski definition) is 2. The minimum absolute atomic E-state index is 0.310. The van der Waals surface area contributed by atoms with E-state index in [2.05, 4.69) is 10.6 Å². The monoisotopic (exact) mass is 651 g/mol. The first-order valence-corrected chi connectivity index (χ1v) is 18.1. The van der Waals surface area contributed by atoms with Gasteiger partial charge >= 0.3 is 13.7 Å². The van der Waals surface area contributed by atoms with Gasteiger partial charge in [-0.15, -0.1) is 23.5 Å². The van der Waals surface area contributed by atoms with Gasteiger partial charge in [0, 0.05) is 16.3 Å². The maximum Gasteiger partial charge on any atom is 0.453 e. The molecule has 43 heavy (non-hydrogen) atoms. The van der Waals surface area contributed by atoms with Crippen molar-refractivity contribution in [3.8, 4) is 11.5 Å². The molecule has 1 aliphatic rings. The third-order valence-electron chi connectivity index (χ3n) is 6.51. The van der Waals surface area contributed by atoms with Crippen LogP contribution in [0.5, 0.6) is 11.5 Å². The zero-order chi connectivity index (χ0) is 31.8. The summed E-state index contributed by atoms with van der Waals surface area (Å²) in [6, 6.07) is 13.5. The van der Waals surface area contributed by atoms with Gasteiger partial charge in [-0.2, -0.15) is 0 Å². The van der Waals surface area contributed by atoms with E-state index < -0.39 is 42.9 Å². The maximum atomic E-state index is 14.6. The number of alkyl carbamates (subject to hydrolysis) is 1. The fourth-order valence-corrected chi connectivity index (χ4v) is 7.38. The number of carbonyl (C=O) groups is 3. The van der Waals surface area contributed by atoms with E-state index in [9.17, 15) is 18.9 Å². The van der Waals surface area contributed by atoms with Crippen LogP contribution in [-0.4, -0.2) is 65.8 Å². The maximum absolute atomic E-state index is 14.6. The van der Waals surface area contributed by atoms with Crippen LogP contribution in [-0.2, 0) is 18.9 Å². The summed E-state index contributed by atoms with van der Waals surface area (Å²) in [5, 5.41) is 5.36. The van der Waals surface area contributed by atoms with Crippen molar-refractivity contribution in [3.63, 3.8) is 0 Å². The molecule has 3 rings (SSSR count). The lowest BCUT2D eigenvalue weighted by molar-refractivity contribution is -0.138. The molecule has 3 amide bonds. The molecule has 10 nitrogen and oxygen atoms in total. The molecule has 1 aliphatic heterocycles. The van der Waals surface area contributed by atoms with E-state index in [1.807, 2.05) is 50.6 Å². The number of benzene rings is 2. The van der Waals surface area contributed by atoms with Gasteiger partial charge in [-0.25, -0.2) is 9.36 Å². The normalized spacial score (nSPS) is 16.0. The lowest BCUT2D eigenvalue weighted by Gasteiger charge is -2.32. The van der Waals surface area contributed by atoms with E-state index in [-0.39, 0.29) is 12.5 Å². The second-order valence-electron chi connectivity index (χ2n) is 11.4. The van der Waals surface area contributed by atoms with Crippen molar-refractivity contribution in [3.05, 3.63) is 48.5 Å².